The van der Waals surface area contributed by atoms with Crippen LogP contribution in [-0.2, 0) is 11.5 Å². The zero-order chi connectivity index (χ0) is 18.9. The average Bonchev–Trinajstić information content (AvgIpc) is 2.96. The molecule has 0 saturated carbocycles. The molecule has 2 amide bonds. The van der Waals surface area contributed by atoms with E-state index in [0.717, 1.165) is 27.9 Å². The van der Waals surface area contributed by atoms with E-state index in [0.29, 0.717) is 10.5 Å². The third-order valence-electron chi connectivity index (χ3n) is 3.36. The second-order valence-electron chi connectivity index (χ2n) is 5.23. The fourth-order valence-electron chi connectivity index (χ4n) is 2.19. The Bertz CT molecular complexity index is 977. The van der Waals surface area contributed by atoms with Crippen molar-refractivity contribution in [3.05, 3.63) is 52.5 Å². The molecule has 2 aromatic carbocycles. The normalized spacial score (nSPS) is 11.6. The van der Waals surface area contributed by atoms with Crippen molar-refractivity contribution in [1.29, 1.82) is 0 Å². The lowest BCUT2D eigenvalue weighted by atomic mass is 10.2. The van der Waals surface area contributed by atoms with Gasteiger partial charge in [-0.1, -0.05) is 44.9 Å². The van der Waals surface area contributed by atoms with Gasteiger partial charge in [0.1, 0.15) is 0 Å². The number of hydrogen-bond donors (Lipinski definition) is 2. The molecule has 0 aliphatic rings. The van der Waals surface area contributed by atoms with E-state index in [9.17, 15) is 18.0 Å². The van der Waals surface area contributed by atoms with Crippen molar-refractivity contribution in [1.82, 2.24) is 4.98 Å². The summed E-state index contributed by atoms with van der Waals surface area (Å²) in [6, 6.07) is 8.17. The summed E-state index contributed by atoms with van der Waals surface area (Å²) >= 11 is 10.2. The maximum atomic E-state index is 12.9. The van der Waals surface area contributed by atoms with E-state index < -0.39 is 22.8 Å². The van der Waals surface area contributed by atoms with Gasteiger partial charge in [-0.25, -0.2) is 9.78 Å². The third-order valence-corrected chi connectivity index (χ3v) is 5.29. The predicted molar refractivity (Wildman–Crippen MR) is 101 cm³/mol. The van der Waals surface area contributed by atoms with Crippen LogP contribution >= 0.6 is 38.9 Å². The monoisotopic (exact) mass is 463 g/mol. The van der Waals surface area contributed by atoms with Crippen molar-refractivity contribution in [3.63, 3.8) is 0 Å². The number of benzene rings is 2. The molecule has 2 N–H and O–H groups in total. The first-order valence-corrected chi connectivity index (χ1v) is 9.48. The Morgan fingerprint density at radius 1 is 1.19 bits per heavy atom. The van der Waals surface area contributed by atoms with Crippen LogP contribution in [0.25, 0.3) is 10.2 Å². The fourth-order valence-corrected chi connectivity index (χ4v) is 3.60. The van der Waals surface area contributed by atoms with Gasteiger partial charge in [-0.15, -0.1) is 0 Å². The Hall–Kier alpha value is -1.84. The summed E-state index contributed by atoms with van der Waals surface area (Å²) in [5.41, 5.74) is 0.730. The Morgan fingerprint density at radius 3 is 2.65 bits per heavy atom. The molecule has 0 aliphatic carbocycles. The Labute approximate surface area is 163 Å². The minimum absolute atomic E-state index is 0.0260. The molecule has 1 aromatic heterocycles. The molecule has 0 spiro atoms. The van der Waals surface area contributed by atoms with Crippen LogP contribution in [0.4, 0.5) is 28.8 Å². The lowest BCUT2D eigenvalue weighted by Crippen LogP contribution is -2.19. The molecule has 3 aromatic rings. The van der Waals surface area contributed by atoms with E-state index >= 15 is 0 Å². The lowest BCUT2D eigenvalue weighted by molar-refractivity contribution is -0.137. The Kier molecular flexibility index (Phi) is 5.40. The van der Waals surface area contributed by atoms with Gasteiger partial charge >= 0.3 is 12.2 Å². The molecule has 10 heteroatoms. The molecule has 0 fully saturated rings. The number of nitrogens with zero attached hydrogens (tertiary/aromatic N) is 1. The van der Waals surface area contributed by atoms with Crippen LogP contribution in [0.2, 0.25) is 5.02 Å². The average molecular weight is 465 g/mol. The summed E-state index contributed by atoms with van der Waals surface area (Å²) in [7, 11) is 0. The molecule has 0 bridgehead atoms. The number of urea groups is 1. The van der Waals surface area contributed by atoms with Gasteiger partial charge in [0, 0.05) is 11.0 Å². The van der Waals surface area contributed by atoms with Crippen molar-refractivity contribution in [2.24, 2.45) is 0 Å². The summed E-state index contributed by atoms with van der Waals surface area (Å²) in [6.07, 6.45) is -4.61. The van der Waals surface area contributed by atoms with Gasteiger partial charge < -0.3 is 5.32 Å². The number of thiazole rings is 1. The van der Waals surface area contributed by atoms with Gasteiger partial charge in [-0.2, -0.15) is 13.2 Å². The van der Waals surface area contributed by atoms with E-state index in [4.69, 9.17) is 11.6 Å². The molecular weight excluding hydrogens is 455 g/mol. The van der Waals surface area contributed by atoms with E-state index in [2.05, 4.69) is 31.5 Å². The van der Waals surface area contributed by atoms with Crippen LogP contribution in [0.1, 0.15) is 11.1 Å². The zero-order valence-electron chi connectivity index (χ0n) is 12.8. The first-order valence-electron chi connectivity index (χ1n) is 7.16. The van der Waals surface area contributed by atoms with Crippen LogP contribution in [0.3, 0.4) is 0 Å². The van der Waals surface area contributed by atoms with E-state index in [1.165, 1.54) is 17.4 Å². The summed E-state index contributed by atoms with van der Waals surface area (Å²) in [6.45, 7) is 0. The highest BCUT2D eigenvalue weighted by Gasteiger charge is 2.33. The van der Waals surface area contributed by atoms with Crippen LogP contribution in [-0.4, -0.2) is 11.0 Å². The van der Waals surface area contributed by atoms with Gasteiger partial charge in [0.15, 0.2) is 5.13 Å². The van der Waals surface area contributed by atoms with Gasteiger partial charge in [-0.05, 0) is 35.9 Å². The van der Waals surface area contributed by atoms with Crippen molar-refractivity contribution in [3.8, 4) is 0 Å². The standard InChI is InChI=1S/C16H10BrClF3N3OS/c17-7-8-1-4-13-12(5-8)23-15(26-13)24-14(25)22-9-2-3-11(18)10(6-9)16(19,20)21/h1-6H,7H2,(H2,22,23,24,25). The molecule has 26 heavy (non-hydrogen) atoms. The highest BCUT2D eigenvalue weighted by Crippen LogP contribution is 2.36. The number of rotatable bonds is 3. The topological polar surface area (TPSA) is 54.0 Å². The van der Waals surface area contributed by atoms with E-state index in [-0.39, 0.29) is 5.69 Å². The highest BCUT2D eigenvalue weighted by molar-refractivity contribution is 9.08. The number of anilines is 2. The minimum atomic E-state index is -4.61. The number of carbonyl (C=O) groups is 1. The van der Waals surface area contributed by atoms with Crippen LogP contribution in [0.5, 0.6) is 0 Å². The van der Waals surface area contributed by atoms with Gasteiger partial charge in [0.25, 0.3) is 0 Å². The van der Waals surface area contributed by atoms with Crippen LogP contribution < -0.4 is 10.6 Å². The molecule has 136 valence electrons. The second-order valence-corrected chi connectivity index (χ2v) is 7.22. The Morgan fingerprint density at radius 2 is 1.96 bits per heavy atom. The summed E-state index contributed by atoms with van der Waals surface area (Å²) in [4.78, 5) is 16.3. The molecule has 0 radical (unpaired) electrons. The summed E-state index contributed by atoms with van der Waals surface area (Å²) < 4.78 is 39.5. The van der Waals surface area contributed by atoms with Gasteiger partial charge in [-0.3, -0.25) is 5.32 Å². The van der Waals surface area contributed by atoms with Crippen LogP contribution in [0, 0.1) is 0 Å². The van der Waals surface area contributed by atoms with E-state index in [1.54, 1.807) is 0 Å². The number of halogens is 5. The first-order chi connectivity index (χ1) is 12.3. The minimum Gasteiger partial charge on any atom is -0.308 e. The van der Waals surface area contributed by atoms with Crippen molar-refractivity contribution >= 4 is 65.9 Å². The number of hydrogen-bond acceptors (Lipinski definition) is 3. The fraction of sp³-hybridized carbons (Fsp3) is 0.125. The molecule has 1 heterocycles. The molecule has 0 unspecified atom stereocenters. The van der Waals surface area contributed by atoms with Crippen molar-refractivity contribution in [2.45, 2.75) is 11.5 Å². The predicted octanol–water partition coefficient (Wildman–Crippen LogP) is 6.51. The van der Waals surface area contributed by atoms with Crippen molar-refractivity contribution < 1.29 is 18.0 Å². The van der Waals surface area contributed by atoms with Gasteiger partial charge in [0.2, 0.25) is 0 Å². The Balaban J connectivity index is 1.75. The molecule has 0 saturated heterocycles. The largest absolute Gasteiger partial charge is 0.417 e. The number of carbonyl (C=O) groups excluding carboxylic acids is 1. The summed E-state index contributed by atoms with van der Waals surface area (Å²) in [5.74, 6) is 0. The smallest absolute Gasteiger partial charge is 0.308 e. The number of aromatic nitrogens is 1. The van der Waals surface area contributed by atoms with Crippen LogP contribution in [0.15, 0.2) is 36.4 Å². The SMILES string of the molecule is O=C(Nc1ccc(Cl)c(C(F)(F)F)c1)Nc1nc2cc(CBr)ccc2s1. The number of nitrogens with one attached hydrogen (secondary N) is 2. The molecular formula is C16H10BrClF3N3OS. The quantitative estimate of drug-likeness (QED) is 0.434. The molecule has 3 rings (SSSR count). The maximum absolute atomic E-state index is 12.9. The molecule has 0 atom stereocenters. The molecule has 4 nitrogen and oxygen atoms in total. The lowest BCUT2D eigenvalue weighted by Gasteiger charge is -2.11. The third kappa shape index (κ3) is 4.28. The number of amides is 2. The summed E-state index contributed by atoms with van der Waals surface area (Å²) in [5, 5.41) is 5.46. The number of alkyl halides is 4. The van der Waals surface area contributed by atoms with Gasteiger partial charge in [0.05, 0.1) is 20.8 Å². The highest BCUT2D eigenvalue weighted by atomic mass is 79.9. The molecule has 0 aliphatic heterocycles. The van der Waals surface area contributed by atoms with Crippen molar-refractivity contribution in [2.75, 3.05) is 10.6 Å². The second kappa shape index (κ2) is 7.42. The number of fused-ring (bicyclic) bond motifs is 1. The van der Waals surface area contributed by atoms with E-state index in [1.807, 2.05) is 18.2 Å². The maximum Gasteiger partial charge on any atom is 0.417 e. The zero-order valence-corrected chi connectivity index (χ0v) is 16.0. The first kappa shape index (κ1) is 18.9.